The molecule has 2 aromatic rings. The Labute approximate surface area is 162 Å². The van der Waals surface area contributed by atoms with Crippen molar-refractivity contribution in [2.24, 2.45) is 0 Å². The van der Waals surface area contributed by atoms with Gasteiger partial charge in [0.2, 0.25) is 0 Å². The summed E-state index contributed by atoms with van der Waals surface area (Å²) in [5.41, 5.74) is 1.21. The average Bonchev–Trinajstić information content (AvgIpc) is 2.60. The molecule has 2 aromatic carbocycles. The lowest BCUT2D eigenvalue weighted by Gasteiger charge is -2.13. The molecule has 0 unspecified atom stereocenters. The van der Waals surface area contributed by atoms with Gasteiger partial charge in [-0.1, -0.05) is 6.07 Å². The molecule has 0 heterocycles. The fraction of sp³-hybridized carbons (Fsp3) is 0.350. The molecule has 0 saturated heterocycles. The highest BCUT2D eigenvalue weighted by Crippen LogP contribution is 2.27. The van der Waals surface area contributed by atoms with Gasteiger partial charge in [-0.3, -0.25) is 4.79 Å². The number of anilines is 1. The highest BCUT2D eigenvalue weighted by molar-refractivity contribution is 9.10. The molecule has 0 bridgehead atoms. The molecule has 26 heavy (non-hydrogen) atoms. The number of halogens is 1. The quantitative estimate of drug-likeness (QED) is 0.584. The molecule has 0 aromatic heterocycles. The Morgan fingerprint density at radius 3 is 2.65 bits per heavy atom. The van der Waals surface area contributed by atoms with E-state index in [2.05, 4.69) is 21.2 Å². The molecule has 6 heteroatoms. The van der Waals surface area contributed by atoms with E-state index in [1.807, 2.05) is 39.0 Å². The molecular formula is C20H24BrNO4. The van der Waals surface area contributed by atoms with Crippen molar-refractivity contribution in [3.8, 4) is 11.5 Å². The summed E-state index contributed by atoms with van der Waals surface area (Å²) in [4.78, 5) is 12.5. The fourth-order valence-corrected chi connectivity index (χ4v) is 2.69. The van der Waals surface area contributed by atoms with E-state index in [4.69, 9.17) is 14.2 Å². The Kier molecular flexibility index (Phi) is 7.94. The van der Waals surface area contributed by atoms with Crippen LogP contribution in [0.5, 0.6) is 11.5 Å². The maximum absolute atomic E-state index is 12.5. The Balaban J connectivity index is 2.00. The largest absolute Gasteiger partial charge is 0.491 e. The lowest BCUT2D eigenvalue weighted by atomic mass is 10.2. The smallest absolute Gasteiger partial charge is 0.255 e. The predicted octanol–water partition coefficient (Wildman–Crippen LogP) is 4.90. The van der Waals surface area contributed by atoms with E-state index in [0.717, 1.165) is 4.47 Å². The monoisotopic (exact) mass is 421 g/mol. The van der Waals surface area contributed by atoms with Gasteiger partial charge in [0.1, 0.15) is 18.1 Å². The molecule has 0 radical (unpaired) electrons. The minimum Gasteiger partial charge on any atom is -0.491 e. The van der Waals surface area contributed by atoms with E-state index in [1.54, 1.807) is 24.3 Å². The molecule has 0 aliphatic rings. The Morgan fingerprint density at radius 2 is 1.96 bits per heavy atom. The van der Waals surface area contributed by atoms with Crippen LogP contribution in [0.2, 0.25) is 0 Å². The molecule has 2 rings (SSSR count). The van der Waals surface area contributed by atoms with Gasteiger partial charge in [-0.2, -0.15) is 0 Å². The number of carbonyl (C=O) groups is 1. The summed E-state index contributed by atoms with van der Waals surface area (Å²) in [7, 11) is 0. The highest BCUT2D eigenvalue weighted by atomic mass is 79.9. The van der Waals surface area contributed by atoms with Crippen molar-refractivity contribution < 1.29 is 19.0 Å². The van der Waals surface area contributed by atoms with E-state index in [0.29, 0.717) is 42.6 Å². The zero-order chi connectivity index (χ0) is 18.9. The topological polar surface area (TPSA) is 56.8 Å². The second kappa shape index (κ2) is 10.2. The number of carbonyl (C=O) groups excluding carboxylic acids is 1. The van der Waals surface area contributed by atoms with Crippen LogP contribution in [0.4, 0.5) is 5.69 Å². The van der Waals surface area contributed by atoms with E-state index < -0.39 is 0 Å². The van der Waals surface area contributed by atoms with Gasteiger partial charge in [0.05, 0.1) is 17.2 Å². The molecule has 0 spiro atoms. The third-order valence-electron chi connectivity index (χ3n) is 3.35. The first-order valence-electron chi connectivity index (χ1n) is 8.57. The van der Waals surface area contributed by atoms with E-state index in [-0.39, 0.29) is 12.0 Å². The SMILES string of the molecule is CCOCCOc1cccc(NC(=O)c2ccc(OC(C)C)c(Br)c2)c1. The number of benzene rings is 2. The average molecular weight is 422 g/mol. The summed E-state index contributed by atoms with van der Waals surface area (Å²) in [6, 6.07) is 12.5. The van der Waals surface area contributed by atoms with Crippen LogP contribution in [0.3, 0.4) is 0 Å². The molecule has 0 aliphatic carbocycles. The van der Waals surface area contributed by atoms with E-state index >= 15 is 0 Å². The zero-order valence-electron chi connectivity index (χ0n) is 15.3. The number of ether oxygens (including phenoxy) is 3. The Hall–Kier alpha value is -2.05. The second-order valence-corrected chi connectivity index (χ2v) is 6.69. The van der Waals surface area contributed by atoms with E-state index in [1.165, 1.54) is 0 Å². The molecular weight excluding hydrogens is 398 g/mol. The summed E-state index contributed by atoms with van der Waals surface area (Å²) in [5, 5.41) is 2.88. The first-order valence-corrected chi connectivity index (χ1v) is 9.37. The Morgan fingerprint density at radius 1 is 1.15 bits per heavy atom. The zero-order valence-corrected chi connectivity index (χ0v) is 16.8. The molecule has 0 fully saturated rings. The van der Waals surface area contributed by atoms with Gasteiger partial charge < -0.3 is 19.5 Å². The van der Waals surface area contributed by atoms with Crippen molar-refractivity contribution in [3.05, 3.63) is 52.5 Å². The lowest BCUT2D eigenvalue weighted by Crippen LogP contribution is -2.13. The lowest BCUT2D eigenvalue weighted by molar-refractivity contribution is 0.102. The van der Waals surface area contributed by atoms with Crippen molar-refractivity contribution >= 4 is 27.5 Å². The van der Waals surface area contributed by atoms with Gasteiger partial charge in [0, 0.05) is 23.9 Å². The highest BCUT2D eigenvalue weighted by Gasteiger charge is 2.11. The van der Waals surface area contributed by atoms with Crippen molar-refractivity contribution in [1.82, 2.24) is 0 Å². The molecule has 0 saturated carbocycles. The van der Waals surface area contributed by atoms with Gasteiger partial charge in [-0.25, -0.2) is 0 Å². The third kappa shape index (κ3) is 6.35. The molecule has 140 valence electrons. The molecule has 0 atom stereocenters. The third-order valence-corrected chi connectivity index (χ3v) is 3.97. The van der Waals surface area contributed by atoms with Crippen LogP contribution in [-0.4, -0.2) is 31.8 Å². The van der Waals surface area contributed by atoms with Crippen LogP contribution in [0.1, 0.15) is 31.1 Å². The van der Waals surface area contributed by atoms with E-state index in [9.17, 15) is 4.79 Å². The summed E-state index contributed by atoms with van der Waals surface area (Å²) in [6.07, 6.45) is 0.0662. The summed E-state index contributed by atoms with van der Waals surface area (Å²) in [6.45, 7) is 7.51. The Bertz CT molecular complexity index is 734. The van der Waals surface area contributed by atoms with Crippen LogP contribution in [0, 0.1) is 0 Å². The molecule has 0 aliphatic heterocycles. The van der Waals surface area contributed by atoms with Gasteiger partial charge >= 0.3 is 0 Å². The number of rotatable bonds is 9. The van der Waals surface area contributed by atoms with Crippen LogP contribution >= 0.6 is 15.9 Å². The standard InChI is InChI=1S/C20H24BrNO4/c1-4-24-10-11-25-17-7-5-6-16(13-17)22-20(23)15-8-9-19(18(21)12-15)26-14(2)3/h5-9,12-14H,4,10-11H2,1-3H3,(H,22,23). The van der Waals surface area contributed by atoms with Crippen LogP contribution in [0.25, 0.3) is 0 Å². The summed E-state index contributed by atoms with van der Waals surface area (Å²) < 4.78 is 17.3. The number of amides is 1. The van der Waals surface area contributed by atoms with Crippen molar-refractivity contribution in [3.63, 3.8) is 0 Å². The van der Waals surface area contributed by atoms with Crippen LogP contribution < -0.4 is 14.8 Å². The molecule has 1 N–H and O–H groups in total. The molecule has 5 nitrogen and oxygen atoms in total. The van der Waals surface area contributed by atoms with Gasteiger partial charge in [0.15, 0.2) is 0 Å². The number of hydrogen-bond acceptors (Lipinski definition) is 4. The number of hydrogen-bond donors (Lipinski definition) is 1. The van der Waals surface area contributed by atoms with Crippen molar-refractivity contribution in [2.75, 3.05) is 25.1 Å². The van der Waals surface area contributed by atoms with Crippen molar-refractivity contribution in [1.29, 1.82) is 0 Å². The summed E-state index contributed by atoms with van der Waals surface area (Å²) >= 11 is 3.45. The maximum Gasteiger partial charge on any atom is 0.255 e. The minimum absolute atomic E-state index is 0.0662. The first-order chi connectivity index (χ1) is 12.5. The first kappa shape index (κ1) is 20.3. The second-order valence-electron chi connectivity index (χ2n) is 5.84. The minimum atomic E-state index is -0.201. The molecule has 1 amide bonds. The van der Waals surface area contributed by atoms with Gasteiger partial charge in [0.25, 0.3) is 5.91 Å². The number of nitrogens with one attached hydrogen (secondary N) is 1. The predicted molar refractivity (Wildman–Crippen MR) is 106 cm³/mol. The van der Waals surface area contributed by atoms with Crippen molar-refractivity contribution in [2.45, 2.75) is 26.9 Å². The summed E-state index contributed by atoms with van der Waals surface area (Å²) in [5.74, 6) is 1.19. The van der Waals surface area contributed by atoms with Crippen LogP contribution in [-0.2, 0) is 4.74 Å². The fourth-order valence-electron chi connectivity index (χ4n) is 2.22. The maximum atomic E-state index is 12.5. The van der Waals surface area contributed by atoms with Gasteiger partial charge in [-0.15, -0.1) is 0 Å². The van der Waals surface area contributed by atoms with Crippen LogP contribution in [0.15, 0.2) is 46.9 Å². The van der Waals surface area contributed by atoms with Gasteiger partial charge in [-0.05, 0) is 67.0 Å². The normalized spacial score (nSPS) is 10.7.